The molecule has 172 valence electrons. The highest BCUT2D eigenvalue weighted by molar-refractivity contribution is 6.40. The van der Waals surface area contributed by atoms with Crippen molar-refractivity contribution in [1.29, 1.82) is 0 Å². The Labute approximate surface area is 209 Å². The van der Waals surface area contributed by atoms with Gasteiger partial charge in [-0.15, -0.1) is 0 Å². The molecule has 0 aliphatic carbocycles. The summed E-state index contributed by atoms with van der Waals surface area (Å²) >= 11 is 24.8. The second-order valence-electron chi connectivity index (χ2n) is 7.09. The fourth-order valence-corrected chi connectivity index (χ4v) is 4.47. The second-order valence-corrected chi connectivity index (χ2v) is 8.72. The van der Waals surface area contributed by atoms with Crippen molar-refractivity contribution in [2.24, 2.45) is 0 Å². The van der Waals surface area contributed by atoms with E-state index in [1.165, 1.54) is 6.07 Å². The highest BCUT2D eigenvalue weighted by atomic mass is 35.5. The maximum absolute atomic E-state index is 13.6. The van der Waals surface area contributed by atoms with Crippen molar-refractivity contribution < 1.29 is 23.4 Å². The molecule has 1 atom stereocenters. The third-order valence-corrected chi connectivity index (χ3v) is 6.04. The Morgan fingerprint density at radius 1 is 0.970 bits per heavy atom. The fraction of sp³-hybridized carbons (Fsp3) is 0.174. The zero-order valence-corrected chi connectivity index (χ0v) is 20.1. The number of hydrogen-bond acceptors (Lipinski definition) is 5. The standard InChI is InChI=1S/C23H16Cl4FNO4/c1-11(29-20-14(24)3-2-4-15(20)25)23(30)33-18-6-5-13(21-22(18)32-8-7-31-21)19-16(26)9-12(28)10-17(19)27/h2-6,9-11,29H,7-8H2,1H3/t11-/m0/s1. The van der Waals surface area contributed by atoms with Gasteiger partial charge in [-0.25, -0.2) is 9.18 Å². The van der Waals surface area contributed by atoms with Crippen LogP contribution in [0, 0.1) is 5.82 Å². The van der Waals surface area contributed by atoms with Gasteiger partial charge < -0.3 is 19.5 Å². The van der Waals surface area contributed by atoms with Crippen molar-refractivity contribution in [3.63, 3.8) is 0 Å². The first kappa shape index (κ1) is 23.8. The highest BCUT2D eigenvalue weighted by Gasteiger charge is 2.27. The van der Waals surface area contributed by atoms with Crippen LogP contribution in [0.4, 0.5) is 10.1 Å². The molecule has 0 amide bonds. The third-order valence-electron chi connectivity index (χ3n) is 4.82. The first-order chi connectivity index (χ1) is 15.8. The minimum Gasteiger partial charge on any atom is -0.485 e. The molecule has 3 aromatic carbocycles. The van der Waals surface area contributed by atoms with E-state index in [2.05, 4.69) is 5.32 Å². The number of nitrogens with one attached hydrogen (secondary N) is 1. The van der Waals surface area contributed by atoms with Crippen molar-refractivity contribution in [2.75, 3.05) is 18.5 Å². The Morgan fingerprint density at radius 2 is 1.58 bits per heavy atom. The lowest BCUT2D eigenvalue weighted by molar-refractivity contribution is -0.135. The minimum absolute atomic E-state index is 0.107. The fourth-order valence-electron chi connectivity index (χ4n) is 3.30. The lowest BCUT2D eigenvalue weighted by atomic mass is 10.0. The van der Waals surface area contributed by atoms with Crippen LogP contribution in [-0.2, 0) is 4.79 Å². The zero-order valence-electron chi connectivity index (χ0n) is 17.1. The molecule has 0 saturated heterocycles. The van der Waals surface area contributed by atoms with Crippen LogP contribution in [0.25, 0.3) is 11.1 Å². The normalized spacial score (nSPS) is 13.4. The number of fused-ring (bicyclic) bond motifs is 1. The lowest BCUT2D eigenvalue weighted by Gasteiger charge is -2.24. The van der Waals surface area contributed by atoms with Crippen LogP contribution < -0.4 is 19.5 Å². The van der Waals surface area contributed by atoms with Crippen molar-refractivity contribution in [3.8, 4) is 28.4 Å². The molecule has 1 heterocycles. The molecule has 5 nitrogen and oxygen atoms in total. The molecule has 0 bridgehead atoms. The average molecular weight is 531 g/mol. The van der Waals surface area contributed by atoms with Gasteiger partial charge in [0.2, 0.25) is 5.75 Å². The molecule has 1 N–H and O–H groups in total. The monoisotopic (exact) mass is 529 g/mol. The van der Waals surface area contributed by atoms with Gasteiger partial charge in [-0.05, 0) is 43.3 Å². The summed E-state index contributed by atoms with van der Waals surface area (Å²) < 4.78 is 30.7. The highest BCUT2D eigenvalue weighted by Crippen LogP contribution is 2.49. The largest absolute Gasteiger partial charge is 0.485 e. The smallest absolute Gasteiger partial charge is 0.333 e. The molecule has 1 aliphatic rings. The molecule has 33 heavy (non-hydrogen) atoms. The van der Waals surface area contributed by atoms with Crippen LogP contribution >= 0.6 is 46.4 Å². The number of para-hydroxylation sites is 1. The van der Waals surface area contributed by atoms with Gasteiger partial charge in [0.15, 0.2) is 11.5 Å². The lowest BCUT2D eigenvalue weighted by Crippen LogP contribution is -2.31. The summed E-state index contributed by atoms with van der Waals surface area (Å²) in [5.74, 6) is -0.520. The molecular formula is C23H16Cl4FNO4. The molecule has 3 aromatic rings. The molecule has 0 aromatic heterocycles. The maximum atomic E-state index is 13.6. The minimum atomic E-state index is -0.789. The van der Waals surface area contributed by atoms with Gasteiger partial charge in [0, 0.05) is 11.1 Å². The summed E-state index contributed by atoms with van der Waals surface area (Å²) in [5.41, 5.74) is 1.28. The van der Waals surface area contributed by atoms with E-state index in [0.29, 0.717) is 26.9 Å². The quantitative estimate of drug-likeness (QED) is 0.277. The number of benzene rings is 3. The van der Waals surface area contributed by atoms with Crippen molar-refractivity contribution in [1.82, 2.24) is 0 Å². The predicted octanol–water partition coefficient (Wildman–Crippen LogP) is 7.28. The maximum Gasteiger partial charge on any atom is 0.333 e. The summed E-state index contributed by atoms with van der Waals surface area (Å²) in [6.45, 7) is 2.12. The van der Waals surface area contributed by atoms with Crippen LogP contribution in [0.3, 0.4) is 0 Å². The van der Waals surface area contributed by atoms with Crippen LogP contribution in [0.2, 0.25) is 20.1 Å². The number of rotatable bonds is 5. The number of ether oxygens (including phenoxy) is 3. The molecule has 0 saturated carbocycles. The second kappa shape index (κ2) is 9.85. The van der Waals surface area contributed by atoms with Gasteiger partial charge >= 0.3 is 5.97 Å². The number of carbonyl (C=O) groups is 1. The number of esters is 1. The van der Waals surface area contributed by atoms with Crippen LogP contribution in [-0.4, -0.2) is 25.2 Å². The van der Waals surface area contributed by atoms with Gasteiger partial charge in [-0.3, -0.25) is 0 Å². The van der Waals surface area contributed by atoms with Crippen molar-refractivity contribution in [2.45, 2.75) is 13.0 Å². The molecular weight excluding hydrogens is 515 g/mol. The van der Waals surface area contributed by atoms with E-state index < -0.39 is 17.8 Å². The Kier molecular flexibility index (Phi) is 7.10. The van der Waals surface area contributed by atoms with E-state index in [1.807, 2.05) is 0 Å². The molecule has 0 unspecified atom stereocenters. The summed E-state index contributed by atoms with van der Waals surface area (Å²) in [6.07, 6.45) is 0. The van der Waals surface area contributed by atoms with Crippen LogP contribution in [0.15, 0.2) is 42.5 Å². The Morgan fingerprint density at radius 3 is 2.21 bits per heavy atom. The topological polar surface area (TPSA) is 56.8 Å². The van der Waals surface area contributed by atoms with Gasteiger partial charge in [0.05, 0.1) is 25.8 Å². The first-order valence-electron chi connectivity index (χ1n) is 9.76. The van der Waals surface area contributed by atoms with E-state index in [0.717, 1.165) is 12.1 Å². The van der Waals surface area contributed by atoms with Gasteiger partial charge in [0.1, 0.15) is 25.1 Å². The molecule has 1 aliphatic heterocycles. The molecule has 10 heteroatoms. The third kappa shape index (κ3) is 4.94. The summed E-state index contributed by atoms with van der Waals surface area (Å²) in [4.78, 5) is 12.8. The number of halogens is 5. The number of carbonyl (C=O) groups excluding carboxylic acids is 1. The van der Waals surface area contributed by atoms with Crippen molar-refractivity contribution >= 4 is 58.1 Å². The number of anilines is 1. The van der Waals surface area contributed by atoms with E-state index in [-0.39, 0.29) is 40.5 Å². The molecule has 4 rings (SSSR count). The van der Waals surface area contributed by atoms with E-state index in [9.17, 15) is 9.18 Å². The molecule has 0 radical (unpaired) electrons. The zero-order chi connectivity index (χ0) is 23.7. The molecule has 0 fully saturated rings. The Bertz CT molecular complexity index is 1190. The SMILES string of the molecule is C[C@H](Nc1c(Cl)cccc1Cl)C(=O)Oc1ccc(-c2c(Cl)cc(F)cc2Cl)c2c1OCCO2. The average Bonchev–Trinajstić information content (AvgIpc) is 2.77. The Hall–Kier alpha value is -2.38. The number of hydrogen-bond donors (Lipinski definition) is 1. The van der Waals surface area contributed by atoms with E-state index in [1.54, 1.807) is 31.2 Å². The summed E-state index contributed by atoms with van der Waals surface area (Å²) in [6, 6.07) is 9.67. The summed E-state index contributed by atoms with van der Waals surface area (Å²) in [7, 11) is 0. The van der Waals surface area contributed by atoms with Crippen molar-refractivity contribution in [3.05, 3.63) is 68.4 Å². The van der Waals surface area contributed by atoms with Crippen LogP contribution in [0.1, 0.15) is 6.92 Å². The van der Waals surface area contributed by atoms with E-state index >= 15 is 0 Å². The van der Waals surface area contributed by atoms with Gasteiger partial charge in [-0.1, -0.05) is 52.5 Å². The molecule has 0 spiro atoms. The van der Waals surface area contributed by atoms with Gasteiger partial charge in [-0.2, -0.15) is 0 Å². The first-order valence-corrected chi connectivity index (χ1v) is 11.3. The predicted molar refractivity (Wildman–Crippen MR) is 128 cm³/mol. The van der Waals surface area contributed by atoms with E-state index in [4.69, 9.17) is 60.6 Å². The Balaban J connectivity index is 1.64. The van der Waals surface area contributed by atoms with Gasteiger partial charge in [0.25, 0.3) is 0 Å². The summed E-state index contributed by atoms with van der Waals surface area (Å²) in [5, 5.41) is 3.91. The van der Waals surface area contributed by atoms with Crippen LogP contribution in [0.5, 0.6) is 17.2 Å².